The van der Waals surface area contributed by atoms with E-state index in [2.05, 4.69) is 10.0 Å². The molecule has 0 unspecified atom stereocenters. The van der Waals surface area contributed by atoms with Crippen molar-refractivity contribution in [2.24, 2.45) is 0 Å². The van der Waals surface area contributed by atoms with Crippen LogP contribution < -0.4 is 14.8 Å². The molecule has 0 aliphatic carbocycles. The molecule has 2 aromatic carbocycles. The summed E-state index contributed by atoms with van der Waals surface area (Å²) in [6, 6.07) is 13.2. The van der Waals surface area contributed by atoms with Gasteiger partial charge >= 0.3 is 0 Å². The van der Waals surface area contributed by atoms with Crippen molar-refractivity contribution < 1.29 is 17.9 Å². The lowest BCUT2D eigenvalue weighted by Crippen LogP contribution is -2.50. The Morgan fingerprint density at radius 3 is 2.43 bits per heavy atom. The lowest BCUT2D eigenvalue weighted by molar-refractivity contribution is -0.123. The highest BCUT2D eigenvalue weighted by Crippen LogP contribution is 2.25. The molecule has 152 valence electrons. The lowest BCUT2D eigenvalue weighted by atomic mass is 10.1. The van der Waals surface area contributed by atoms with Gasteiger partial charge in [0.15, 0.2) is 0 Å². The number of carbonyl (C=O) groups excluding carboxylic acids is 1. The Kier molecular flexibility index (Phi) is 7.60. The molecule has 6 nitrogen and oxygen atoms in total. The fraction of sp³-hybridized carbons (Fsp3) is 0.381. The van der Waals surface area contributed by atoms with Gasteiger partial charge in [0.25, 0.3) is 0 Å². The first kappa shape index (κ1) is 21.9. The number of benzene rings is 2. The second-order valence-electron chi connectivity index (χ2n) is 6.84. The molecule has 0 aromatic heterocycles. The van der Waals surface area contributed by atoms with Crippen LogP contribution >= 0.6 is 0 Å². The molecule has 2 aromatic rings. The van der Waals surface area contributed by atoms with Crippen molar-refractivity contribution in [3.63, 3.8) is 0 Å². The van der Waals surface area contributed by atoms with Crippen LogP contribution in [0.5, 0.6) is 5.75 Å². The Morgan fingerprint density at radius 2 is 1.82 bits per heavy atom. The summed E-state index contributed by atoms with van der Waals surface area (Å²) in [6.45, 7) is 5.64. The lowest BCUT2D eigenvalue weighted by Gasteiger charge is -2.21. The summed E-state index contributed by atoms with van der Waals surface area (Å²) in [6.07, 6.45) is 0.999. The number of carbonyl (C=O) groups is 1. The van der Waals surface area contributed by atoms with Gasteiger partial charge in [-0.05, 0) is 49.9 Å². The minimum absolute atomic E-state index is 0.0180. The molecule has 0 fully saturated rings. The molecule has 28 heavy (non-hydrogen) atoms. The molecule has 0 saturated heterocycles. The smallest absolute Gasteiger partial charge is 0.244 e. The number of hydrogen-bond donors (Lipinski definition) is 2. The molecule has 0 bridgehead atoms. The number of ether oxygens (including phenoxy) is 1. The predicted molar refractivity (Wildman–Crippen MR) is 110 cm³/mol. The second-order valence-corrected chi connectivity index (χ2v) is 8.52. The Bertz CT molecular complexity index is 898. The van der Waals surface area contributed by atoms with E-state index in [9.17, 15) is 13.2 Å². The first-order chi connectivity index (χ1) is 13.3. The second kappa shape index (κ2) is 9.71. The quantitative estimate of drug-likeness (QED) is 0.673. The molecular weight excluding hydrogens is 376 g/mol. The van der Waals surface area contributed by atoms with Gasteiger partial charge in [-0.15, -0.1) is 0 Å². The Morgan fingerprint density at radius 1 is 1.14 bits per heavy atom. The van der Waals surface area contributed by atoms with E-state index in [-0.39, 0.29) is 29.0 Å². The van der Waals surface area contributed by atoms with E-state index in [1.165, 1.54) is 13.2 Å². The van der Waals surface area contributed by atoms with Crippen LogP contribution in [0.1, 0.15) is 31.4 Å². The Labute approximate surface area is 167 Å². The third-order valence-electron chi connectivity index (χ3n) is 4.51. The molecule has 0 saturated carbocycles. The number of rotatable bonds is 9. The number of hydrogen-bond acceptors (Lipinski definition) is 4. The van der Waals surface area contributed by atoms with E-state index in [1.54, 1.807) is 19.1 Å². The van der Waals surface area contributed by atoms with Crippen molar-refractivity contribution in [1.82, 2.24) is 10.0 Å². The average Bonchev–Trinajstić information content (AvgIpc) is 2.68. The minimum atomic E-state index is -3.97. The van der Waals surface area contributed by atoms with Gasteiger partial charge < -0.3 is 10.1 Å². The van der Waals surface area contributed by atoms with Crippen molar-refractivity contribution in [2.75, 3.05) is 7.11 Å². The zero-order valence-electron chi connectivity index (χ0n) is 16.7. The van der Waals surface area contributed by atoms with Crippen molar-refractivity contribution in [2.45, 2.75) is 50.6 Å². The third-order valence-corrected chi connectivity index (χ3v) is 6.00. The van der Waals surface area contributed by atoms with Crippen molar-refractivity contribution in [3.8, 4) is 5.75 Å². The van der Waals surface area contributed by atoms with Gasteiger partial charge in [-0.2, -0.15) is 4.72 Å². The largest absolute Gasteiger partial charge is 0.495 e. The number of amides is 1. The minimum Gasteiger partial charge on any atom is -0.495 e. The van der Waals surface area contributed by atoms with Crippen LogP contribution in [0.25, 0.3) is 0 Å². The molecule has 0 aliphatic rings. The van der Waals surface area contributed by atoms with Gasteiger partial charge in [0.05, 0.1) is 7.11 Å². The van der Waals surface area contributed by atoms with E-state index in [4.69, 9.17) is 4.74 Å². The third kappa shape index (κ3) is 5.81. The van der Waals surface area contributed by atoms with Crippen molar-refractivity contribution in [1.29, 1.82) is 0 Å². The van der Waals surface area contributed by atoms with Crippen LogP contribution in [0.3, 0.4) is 0 Å². The maximum atomic E-state index is 13.1. The number of methoxy groups -OCH3 is 1. The Hall–Kier alpha value is -2.38. The zero-order valence-corrected chi connectivity index (χ0v) is 17.5. The summed E-state index contributed by atoms with van der Waals surface area (Å²) in [7, 11) is -2.55. The van der Waals surface area contributed by atoms with Crippen LogP contribution in [0.4, 0.5) is 0 Å². The van der Waals surface area contributed by atoms with Crippen LogP contribution in [0, 0.1) is 6.92 Å². The molecule has 2 rings (SSSR count). The van der Waals surface area contributed by atoms with Crippen LogP contribution in [-0.4, -0.2) is 33.5 Å². The first-order valence-corrected chi connectivity index (χ1v) is 10.8. The number of nitrogens with one attached hydrogen (secondary N) is 2. The van der Waals surface area contributed by atoms with Gasteiger partial charge in [0.1, 0.15) is 16.7 Å². The van der Waals surface area contributed by atoms with E-state index >= 15 is 0 Å². The van der Waals surface area contributed by atoms with Gasteiger partial charge in [0.2, 0.25) is 15.9 Å². The summed E-state index contributed by atoms with van der Waals surface area (Å²) in [5.41, 5.74) is 1.65. The highest BCUT2D eigenvalue weighted by Gasteiger charge is 2.28. The highest BCUT2D eigenvalue weighted by atomic mass is 32.2. The van der Waals surface area contributed by atoms with Crippen molar-refractivity contribution >= 4 is 15.9 Å². The SMILES string of the molecule is CC[C@H](C)NC(=O)[C@@H](Cc1ccccc1)NS(=O)(=O)c1cc(C)ccc1OC. The maximum Gasteiger partial charge on any atom is 0.244 e. The summed E-state index contributed by atoms with van der Waals surface area (Å²) < 4.78 is 33.9. The summed E-state index contributed by atoms with van der Waals surface area (Å²) in [5, 5.41) is 2.87. The highest BCUT2D eigenvalue weighted by molar-refractivity contribution is 7.89. The van der Waals surface area contributed by atoms with Crippen molar-refractivity contribution in [3.05, 3.63) is 59.7 Å². The van der Waals surface area contributed by atoms with Gasteiger partial charge in [-0.25, -0.2) is 8.42 Å². The summed E-state index contributed by atoms with van der Waals surface area (Å²) in [4.78, 5) is 12.8. The van der Waals surface area contributed by atoms with Gasteiger partial charge in [0, 0.05) is 6.04 Å². The predicted octanol–water partition coefficient (Wildman–Crippen LogP) is 2.81. The molecule has 2 N–H and O–H groups in total. The molecule has 0 heterocycles. The molecule has 7 heteroatoms. The number of aryl methyl sites for hydroxylation is 1. The van der Waals surface area contributed by atoms with E-state index in [1.807, 2.05) is 44.2 Å². The maximum absolute atomic E-state index is 13.1. The van der Waals surface area contributed by atoms with Gasteiger partial charge in [-0.3, -0.25) is 4.79 Å². The normalized spacial score (nSPS) is 13.6. The average molecular weight is 405 g/mol. The monoisotopic (exact) mass is 404 g/mol. The van der Waals surface area contributed by atoms with E-state index in [0.29, 0.717) is 0 Å². The summed E-state index contributed by atoms with van der Waals surface area (Å²) >= 11 is 0. The van der Waals surface area contributed by atoms with E-state index in [0.717, 1.165) is 17.5 Å². The van der Waals surface area contributed by atoms with E-state index < -0.39 is 16.1 Å². The fourth-order valence-corrected chi connectivity index (χ4v) is 4.18. The molecule has 0 radical (unpaired) electrons. The van der Waals surface area contributed by atoms with Crippen LogP contribution in [0.2, 0.25) is 0 Å². The topological polar surface area (TPSA) is 84.5 Å². The molecule has 2 atom stereocenters. The first-order valence-electron chi connectivity index (χ1n) is 9.28. The summed E-state index contributed by atoms with van der Waals surface area (Å²) in [5.74, 6) is -0.118. The molecule has 1 amide bonds. The standard InChI is InChI=1S/C21H28N2O4S/c1-5-16(3)22-21(24)18(14-17-9-7-6-8-10-17)23-28(25,26)20-13-15(2)11-12-19(20)27-4/h6-13,16,18,23H,5,14H2,1-4H3,(H,22,24)/t16-,18+/m0/s1. The van der Waals surface area contributed by atoms with Gasteiger partial charge in [-0.1, -0.05) is 43.3 Å². The fourth-order valence-electron chi connectivity index (χ4n) is 2.73. The zero-order chi connectivity index (χ0) is 20.7. The molecular formula is C21H28N2O4S. The molecule has 0 spiro atoms. The number of sulfonamides is 1. The Balaban J connectivity index is 2.35. The van der Waals surface area contributed by atoms with Crippen LogP contribution in [0.15, 0.2) is 53.4 Å². The molecule has 0 aliphatic heterocycles. The van der Waals surface area contributed by atoms with Crippen LogP contribution in [-0.2, 0) is 21.2 Å².